The predicted octanol–water partition coefficient (Wildman–Crippen LogP) is 7.13. The summed E-state index contributed by atoms with van der Waals surface area (Å²) in [4.78, 5) is 9.30. The minimum Gasteiger partial charge on any atom is -0.378 e. The predicted molar refractivity (Wildman–Crippen MR) is 137 cm³/mol. The molecule has 0 aliphatic carbocycles. The molecule has 0 aliphatic heterocycles. The SMILES string of the molecule is Cc1[nH]c2cc(C(c3ccc(N(C)C)cc3)c3ccc4c(C)c(C)[nH]c4c3)ccc2c1C. The third-order valence-electron chi connectivity index (χ3n) is 7.07. The van der Waals surface area contributed by atoms with Crippen molar-refractivity contribution in [2.45, 2.75) is 33.6 Å². The molecular weight excluding hydrogens is 390 g/mol. The van der Waals surface area contributed by atoms with Crippen LogP contribution in [0.2, 0.25) is 0 Å². The Bertz CT molecular complexity index is 1350. The molecule has 3 aromatic carbocycles. The average molecular weight is 422 g/mol. The molecule has 3 heteroatoms. The summed E-state index contributed by atoms with van der Waals surface area (Å²) in [5.41, 5.74) is 12.7. The first-order valence-corrected chi connectivity index (χ1v) is 11.3. The molecule has 0 radical (unpaired) electrons. The lowest BCUT2D eigenvalue weighted by Gasteiger charge is -2.21. The molecule has 0 fully saturated rings. The number of aryl methyl sites for hydroxylation is 4. The third-order valence-corrected chi connectivity index (χ3v) is 7.07. The van der Waals surface area contributed by atoms with Crippen LogP contribution >= 0.6 is 0 Å². The van der Waals surface area contributed by atoms with E-state index in [1.807, 2.05) is 0 Å². The maximum atomic E-state index is 3.58. The van der Waals surface area contributed by atoms with Gasteiger partial charge in [-0.3, -0.25) is 0 Å². The van der Waals surface area contributed by atoms with Crippen molar-refractivity contribution in [3.63, 3.8) is 0 Å². The number of benzene rings is 3. The summed E-state index contributed by atoms with van der Waals surface area (Å²) in [6.07, 6.45) is 0. The molecule has 0 spiro atoms. The van der Waals surface area contributed by atoms with E-state index in [2.05, 4.69) is 117 Å². The molecule has 2 aromatic heterocycles. The third kappa shape index (κ3) is 3.29. The average Bonchev–Trinajstić information content (AvgIpc) is 3.22. The Morgan fingerprint density at radius 3 is 1.47 bits per heavy atom. The molecule has 2 N–H and O–H groups in total. The molecule has 0 aliphatic rings. The number of rotatable bonds is 4. The van der Waals surface area contributed by atoms with E-state index < -0.39 is 0 Å². The van der Waals surface area contributed by atoms with Crippen LogP contribution in [0.1, 0.15) is 45.1 Å². The van der Waals surface area contributed by atoms with Gasteiger partial charge in [0.05, 0.1) is 0 Å². The first-order chi connectivity index (χ1) is 15.3. The Kier molecular flexibility index (Phi) is 4.85. The van der Waals surface area contributed by atoms with Crippen LogP contribution in [0.4, 0.5) is 5.69 Å². The molecular formula is C29H31N3. The van der Waals surface area contributed by atoms with Gasteiger partial charge in [-0.05, 0) is 79.8 Å². The first-order valence-electron chi connectivity index (χ1n) is 11.3. The highest BCUT2D eigenvalue weighted by molar-refractivity contribution is 5.87. The molecule has 5 rings (SSSR count). The number of nitrogens with one attached hydrogen (secondary N) is 2. The highest BCUT2D eigenvalue weighted by atomic mass is 15.1. The molecule has 0 amide bonds. The minimum absolute atomic E-state index is 0.160. The summed E-state index contributed by atoms with van der Waals surface area (Å²) < 4.78 is 0. The van der Waals surface area contributed by atoms with Gasteiger partial charge in [-0.15, -0.1) is 0 Å². The van der Waals surface area contributed by atoms with Gasteiger partial charge < -0.3 is 14.9 Å². The number of hydrogen-bond acceptors (Lipinski definition) is 1. The van der Waals surface area contributed by atoms with Gasteiger partial charge in [0.1, 0.15) is 0 Å². The molecule has 0 unspecified atom stereocenters. The van der Waals surface area contributed by atoms with Gasteiger partial charge in [-0.2, -0.15) is 0 Å². The Morgan fingerprint density at radius 1 is 0.594 bits per heavy atom. The van der Waals surface area contributed by atoms with Crippen molar-refractivity contribution in [2.75, 3.05) is 19.0 Å². The van der Waals surface area contributed by atoms with Crippen LogP contribution in [-0.2, 0) is 0 Å². The van der Waals surface area contributed by atoms with E-state index in [9.17, 15) is 0 Å². The van der Waals surface area contributed by atoms with Gasteiger partial charge in [0.2, 0.25) is 0 Å². The fourth-order valence-electron chi connectivity index (χ4n) is 4.88. The lowest BCUT2D eigenvalue weighted by Crippen LogP contribution is -2.09. The largest absolute Gasteiger partial charge is 0.378 e. The Labute approximate surface area is 190 Å². The second kappa shape index (κ2) is 7.59. The zero-order chi connectivity index (χ0) is 22.6. The standard InChI is InChI=1S/C29H31N3/c1-17-19(3)30-27-15-22(9-13-25(17)27)29(21-7-11-24(12-8-21)32(5)6)23-10-14-26-18(2)20(4)31-28(26)16-23/h7-16,29-31H,1-6H3. The summed E-state index contributed by atoms with van der Waals surface area (Å²) in [5.74, 6) is 0.160. The van der Waals surface area contributed by atoms with Crippen molar-refractivity contribution in [1.29, 1.82) is 0 Å². The number of fused-ring (bicyclic) bond motifs is 2. The lowest BCUT2D eigenvalue weighted by atomic mass is 9.84. The Balaban J connectivity index is 1.70. The summed E-state index contributed by atoms with van der Waals surface area (Å²) in [7, 11) is 4.17. The molecule has 5 aromatic rings. The van der Waals surface area contributed by atoms with Gasteiger partial charge in [0.15, 0.2) is 0 Å². The number of nitrogens with zero attached hydrogens (tertiary/aromatic N) is 1. The van der Waals surface area contributed by atoms with Gasteiger partial charge in [-0.1, -0.05) is 36.4 Å². The topological polar surface area (TPSA) is 34.8 Å². The quantitative estimate of drug-likeness (QED) is 0.297. The molecule has 3 nitrogen and oxygen atoms in total. The molecule has 0 bridgehead atoms. The van der Waals surface area contributed by atoms with E-state index >= 15 is 0 Å². The van der Waals surface area contributed by atoms with Crippen LogP contribution in [0.25, 0.3) is 21.8 Å². The van der Waals surface area contributed by atoms with Gasteiger partial charge in [0, 0.05) is 58.9 Å². The van der Waals surface area contributed by atoms with E-state index in [-0.39, 0.29) is 5.92 Å². The Hall–Kier alpha value is -3.46. The number of H-pyrrole nitrogens is 2. The molecule has 0 saturated heterocycles. The number of aromatic amines is 2. The van der Waals surface area contributed by atoms with Crippen LogP contribution in [0.15, 0.2) is 60.7 Å². The maximum Gasteiger partial charge on any atom is 0.0461 e. The molecule has 162 valence electrons. The zero-order valence-electron chi connectivity index (χ0n) is 19.8. The molecule has 0 atom stereocenters. The van der Waals surface area contributed by atoms with Crippen LogP contribution in [0.3, 0.4) is 0 Å². The fraction of sp³-hybridized carbons (Fsp3) is 0.241. The second-order valence-electron chi connectivity index (χ2n) is 9.28. The number of hydrogen-bond donors (Lipinski definition) is 2. The van der Waals surface area contributed by atoms with E-state index in [1.54, 1.807) is 0 Å². The number of aromatic nitrogens is 2. The first kappa shape index (κ1) is 20.4. The van der Waals surface area contributed by atoms with Crippen LogP contribution in [0, 0.1) is 27.7 Å². The van der Waals surface area contributed by atoms with Crippen LogP contribution < -0.4 is 4.90 Å². The molecule has 2 heterocycles. The van der Waals surface area contributed by atoms with Gasteiger partial charge in [-0.25, -0.2) is 0 Å². The highest BCUT2D eigenvalue weighted by Crippen LogP contribution is 2.37. The molecule has 0 saturated carbocycles. The summed E-state index contributed by atoms with van der Waals surface area (Å²) in [6.45, 7) is 8.68. The maximum absolute atomic E-state index is 3.58. The van der Waals surface area contributed by atoms with Crippen LogP contribution in [-0.4, -0.2) is 24.1 Å². The van der Waals surface area contributed by atoms with E-state index in [0.29, 0.717) is 0 Å². The summed E-state index contributed by atoms with van der Waals surface area (Å²) in [5, 5.41) is 2.61. The van der Waals surface area contributed by atoms with E-state index in [4.69, 9.17) is 0 Å². The van der Waals surface area contributed by atoms with Crippen molar-refractivity contribution >= 4 is 27.5 Å². The van der Waals surface area contributed by atoms with Crippen molar-refractivity contribution in [2.24, 2.45) is 0 Å². The lowest BCUT2D eigenvalue weighted by molar-refractivity contribution is 0.979. The summed E-state index contributed by atoms with van der Waals surface area (Å²) in [6, 6.07) is 22.8. The molecule has 32 heavy (non-hydrogen) atoms. The monoisotopic (exact) mass is 421 g/mol. The minimum atomic E-state index is 0.160. The van der Waals surface area contributed by atoms with Gasteiger partial charge in [0.25, 0.3) is 0 Å². The second-order valence-corrected chi connectivity index (χ2v) is 9.28. The van der Waals surface area contributed by atoms with E-state index in [0.717, 1.165) is 0 Å². The van der Waals surface area contributed by atoms with Crippen molar-refractivity contribution in [3.8, 4) is 0 Å². The summed E-state index contributed by atoms with van der Waals surface area (Å²) >= 11 is 0. The normalized spacial score (nSPS) is 11.7. The van der Waals surface area contributed by atoms with Gasteiger partial charge >= 0.3 is 0 Å². The van der Waals surface area contributed by atoms with Crippen LogP contribution in [0.5, 0.6) is 0 Å². The van der Waals surface area contributed by atoms with E-state index in [1.165, 1.54) is 66.7 Å². The van der Waals surface area contributed by atoms with Crippen molar-refractivity contribution < 1.29 is 0 Å². The van der Waals surface area contributed by atoms with Crippen molar-refractivity contribution in [1.82, 2.24) is 9.97 Å². The fourth-order valence-corrected chi connectivity index (χ4v) is 4.88. The Morgan fingerprint density at radius 2 is 1.03 bits per heavy atom. The van der Waals surface area contributed by atoms with Crippen molar-refractivity contribution in [3.05, 3.63) is 99.9 Å². The zero-order valence-corrected chi connectivity index (χ0v) is 19.8. The number of anilines is 1. The smallest absolute Gasteiger partial charge is 0.0461 e. The highest BCUT2D eigenvalue weighted by Gasteiger charge is 2.20.